The number of hydrogen-bond acceptors (Lipinski definition) is 4. The minimum Gasteiger partial charge on any atom is -0.389 e. The largest absolute Gasteiger partial charge is 0.389 e. The maximum absolute atomic E-state index is 10.4. The Hall–Kier alpha value is -0.970. The van der Waals surface area contributed by atoms with Crippen molar-refractivity contribution in [2.45, 2.75) is 58.2 Å². The van der Waals surface area contributed by atoms with Crippen LogP contribution >= 0.6 is 0 Å². The molecule has 1 aliphatic rings. The fraction of sp³-hybridized carbons (Fsp3) is 0.722. The smallest absolute Gasteiger partial charge is 0.0766 e. The summed E-state index contributed by atoms with van der Waals surface area (Å²) < 4.78 is 0. The van der Waals surface area contributed by atoms with Gasteiger partial charge in [-0.15, -0.1) is 0 Å². The monoisotopic (exact) mass is 305 g/mol. The van der Waals surface area contributed by atoms with Crippen LogP contribution in [0.2, 0.25) is 0 Å². The van der Waals surface area contributed by atoms with Crippen molar-refractivity contribution in [3.63, 3.8) is 0 Å². The van der Waals surface area contributed by atoms with Gasteiger partial charge in [0.2, 0.25) is 0 Å². The first kappa shape index (κ1) is 17.4. The summed E-state index contributed by atoms with van der Waals surface area (Å²) >= 11 is 0. The van der Waals surface area contributed by atoms with Crippen molar-refractivity contribution >= 4 is 0 Å². The highest BCUT2D eigenvalue weighted by molar-refractivity contribution is 5.03. The first-order valence-electron chi connectivity index (χ1n) is 8.64. The Balaban J connectivity index is 1.80. The summed E-state index contributed by atoms with van der Waals surface area (Å²) in [7, 11) is 0. The number of hydrogen-bond donors (Lipinski definition) is 2. The molecule has 0 saturated carbocycles. The number of nitrogens with one attached hydrogen (secondary N) is 1. The molecule has 124 valence electrons. The predicted molar refractivity (Wildman–Crippen MR) is 90.6 cm³/mol. The minimum absolute atomic E-state index is 0.504. The van der Waals surface area contributed by atoms with Crippen molar-refractivity contribution in [1.82, 2.24) is 15.2 Å². The molecule has 1 aliphatic heterocycles. The lowest BCUT2D eigenvalue weighted by atomic mass is 9.91. The van der Waals surface area contributed by atoms with Crippen LogP contribution in [0.4, 0.5) is 0 Å². The molecule has 4 heteroatoms. The van der Waals surface area contributed by atoms with Gasteiger partial charge < -0.3 is 10.4 Å². The van der Waals surface area contributed by atoms with Gasteiger partial charge in [-0.25, -0.2) is 0 Å². The fourth-order valence-corrected chi connectivity index (χ4v) is 3.22. The van der Waals surface area contributed by atoms with Crippen LogP contribution in [0.1, 0.15) is 45.7 Å². The van der Waals surface area contributed by atoms with E-state index < -0.39 is 5.60 Å². The van der Waals surface area contributed by atoms with Crippen molar-refractivity contribution in [2.75, 3.05) is 19.6 Å². The molecule has 0 aliphatic carbocycles. The van der Waals surface area contributed by atoms with Gasteiger partial charge in [-0.3, -0.25) is 9.88 Å². The van der Waals surface area contributed by atoms with Crippen LogP contribution in [0.15, 0.2) is 24.4 Å². The molecule has 1 aromatic heterocycles. The Kier molecular flexibility index (Phi) is 6.36. The van der Waals surface area contributed by atoms with Crippen molar-refractivity contribution in [1.29, 1.82) is 0 Å². The van der Waals surface area contributed by atoms with Crippen LogP contribution < -0.4 is 5.32 Å². The molecule has 2 atom stereocenters. The molecule has 0 amide bonds. The van der Waals surface area contributed by atoms with E-state index in [4.69, 9.17) is 0 Å². The van der Waals surface area contributed by atoms with Crippen LogP contribution in [0.25, 0.3) is 0 Å². The van der Waals surface area contributed by atoms with E-state index in [-0.39, 0.29) is 0 Å². The third kappa shape index (κ3) is 4.77. The number of rotatable bonds is 7. The second-order valence-corrected chi connectivity index (χ2v) is 6.74. The summed E-state index contributed by atoms with van der Waals surface area (Å²) in [6, 6.07) is 6.61. The summed E-state index contributed by atoms with van der Waals surface area (Å²) in [5.74, 6) is 0.593. The molecule has 0 spiro atoms. The summed E-state index contributed by atoms with van der Waals surface area (Å²) in [5.41, 5.74) is 0.595. The Labute approximate surface area is 134 Å². The second-order valence-electron chi connectivity index (χ2n) is 6.74. The standard InChI is InChI=1S/C18H31N3O/c1-4-18(22,5-2)14-20-17-9-11-21(12-15(17)3)13-16-8-6-7-10-19-16/h6-8,10,15,17,20,22H,4-5,9,11-14H2,1-3H3. The first-order valence-corrected chi connectivity index (χ1v) is 8.64. The average molecular weight is 305 g/mol. The maximum Gasteiger partial charge on any atom is 0.0766 e. The van der Waals surface area contributed by atoms with Gasteiger partial charge in [0.25, 0.3) is 0 Å². The Bertz CT molecular complexity index is 433. The Morgan fingerprint density at radius 2 is 2.14 bits per heavy atom. The number of piperidine rings is 1. The molecule has 0 radical (unpaired) electrons. The third-order valence-electron chi connectivity index (χ3n) is 5.11. The number of aromatic nitrogens is 1. The second kappa shape index (κ2) is 8.04. The topological polar surface area (TPSA) is 48.4 Å². The summed E-state index contributed by atoms with van der Waals surface area (Å²) in [5, 5.41) is 14.0. The Morgan fingerprint density at radius 3 is 2.73 bits per heavy atom. The quantitative estimate of drug-likeness (QED) is 0.812. The fourth-order valence-electron chi connectivity index (χ4n) is 3.22. The lowest BCUT2D eigenvalue weighted by Crippen LogP contribution is -2.52. The third-order valence-corrected chi connectivity index (χ3v) is 5.11. The van der Waals surface area contributed by atoms with Gasteiger partial charge >= 0.3 is 0 Å². The van der Waals surface area contributed by atoms with E-state index in [1.807, 2.05) is 12.3 Å². The van der Waals surface area contributed by atoms with E-state index in [0.29, 0.717) is 18.5 Å². The predicted octanol–water partition coefficient (Wildman–Crippen LogP) is 2.43. The Morgan fingerprint density at radius 1 is 1.36 bits per heavy atom. The summed E-state index contributed by atoms with van der Waals surface area (Å²) in [6.45, 7) is 10.2. The number of likely N-dealkylation sites (tertiary alicyclic amines) is 1. The van der Waals surface area contributed by atoms with Crippen LogP contribution in [0.5, 0.6) is 0 Å². The average Bonchev–Trinajstić information content (AvgIpc) is 2.55. The zero-order valence-corrected chi connectivity index (χ0v) is 14.3. The van der Waals surface area contributed by atoms with Crippen molar-refractivity contribution in [3.8, 4) is 0 Å². The van der Waals surface area contributed by atoms with Gasteiger partial charge in [-0.2, -0.15) is 0 Å². The van der Waals surface area contributed by atoms with E-state index in [0.717, 1.165) is 44.6 Å². The molecule has 2 unspecified atom stereocenters. The van der Waals surface area contributed by atoms with Crippen molar-refractivity contribution in [2.24, 2.45) is 5.92 Å². The maximum atomic E-state index is 10.4. The van der Waals surface area contributed by atoms with Gasteiger partial charge in [-0.1, -0.05) is 26.8 Å². The van der Waals surface area contributed by atoms with Crippen LogP contribution in [0, 0.1) is 5.92 Å². The van der Waals surface area contributed by atoms with Crippen LogP contribution in [0.3, 0.4) is 0 Å². The van der Waals surface area contributed by atoms with E-state index in [9.17, 15) is 5.11 Å². The number of nitrogens with zero attached hydrogens (tertiary/aromatic N) is 2. The molecule has 1 fully saturated rings. The minimum atomic E-state index is -0.551. The zero-order valence-electron chi connectivity index (χ0n) is 14.3. The van der Waals surface area contributed by atoms with E-state index >= 15 is 0 Å². The molecule has 4 nitrogen and oxygen atoms in total. The van der Waals surface area contributed by atoms with E-state index in [1.165, 1.54) is 0 Å². The molecule has 1 saturated heterocycles. The van der Waals surface area contributed by atoms with Crippen LogP contribution in [-0.2, 0) is 6.54 Å². The van der Waals surface area contributed by atoms with E-state index in [1.54, 1.807) is 0 Å². The molecular weight excluding hydrogens is 274 g/mol. The summed E-state index contributed by atoms with van der Waals surface area (Å²) in [6.07, 6.45) is 4.62. The summed E-state index contributed by atoms with van der Waals surface area (Å²) in [4.78, 5) is 6.90. The zero-order chi connectivity index (χ0) is 16.0. The van der Waals surface area contributed by atoms with Gasteiger partial charge in [0.15, 0.2) is 0 Å². The normalized spacial score (nSPS) is 23.6. The molecule has 2 N–H and O–H groups in total. The molecule has 22 heavy (non-hydrogen) atoms. The highest BCUT2D eigenvalue weighted by Gasteiger charge is 2.29. The van der Waals surface area contributed by atoms with Crippen molar-refractivity contribution in [3.05, 3.63) is 30.1 Å². The highest BCUT2D eigenvalue weighted by atomic mass is 16.3. The van der Waals surface area contributed by atoms with Gasteiger partial charge in [-0.05, 0) is 37.3 Å². The molecule has 2 heterocycles. The number of aliphatic hydroxyl groups is 1. The first-order chi connectivity index (χ1) is 10.6. The molecule has 1 aromatic rings. The lowest BCUT2D eigenvalue weighted by molar-refractivity contribution is 0.0233. The molecular formula is C18H31N3O. The molecule has 0 bridgehead atoms. The molecule has 0 aromatic carbocycles. The van der Waals surface area contributed by atoms with Crippen LogP contribution in [-0.4, -0.2) is 46.3 Å². The van der Waals surface area contributed by atoms with E-state index in [2.05, 4.69) is 48.1 Å². The highest BCUT2D eigenvalue weighted by Crippen LogP contribution is 2.20. The number of pyridine rings is 1. The van der Waals surface area contributed by atoms with Crippen molar-refractivity contribution < 1.29 is 5.11 Å². The SMILES string of the molecule is CCC(O)(CC)CNC1CCN(Cc2ccccn2)CC1C. The lowest BCUT2D eigenvalue weighted by Gasteiger charge is -2.39. The van der Waals surface area contributed by atoms with Gasteiger partial charge in [0, 0.05) is 38.4 Å². The van der Waals surface area contributed by atoms with Gasteiger partial charge in [0.05, 0.1) is 11.3 Å². The molecule has 2 rings (SSSR count). The van der Waals surface area contributed by atoms with Gasteiger partial charge in [0.1, 0.15) is 0 Å².